The molecule has 0 saturated heterocycles. The molecular weight excluding hydrogens is 476 g/mol. The molecule has 5 heteroatoms. The molecule has 5 aromatic rings. The zero-order valence-corrected chi connectivity index (χ0v) is 19.6. The fourth-order valence-corrected chi connectivity index (χ4v) is 5.04. The molecule has 0 atom stereocenters. The number of rotatable bonds is 5. The van der Waals surface area contributed by atoms with E-state index in [0.717, 1.165) is 32.1 Å². The van der Waals surface area contributed by atoms with Crippen LogP contribution in [0.3, 0.4) is 0 Å². The number of methoxy groups -OCH3 is 1. The van der Waals surface area contributed by atoms with E-state index in [-0.39, 0.29) is 0 Å². The highest BCUT2D eigenvalue weighted by atomic mass is 79.9. The standard InChI is InChI=1S/C28H21BrN2O2/c1-33-27(32)20-17-25(29)24-19-30-31(26(24)18-20)28(21-11-5-2-6-12-21,22-13-7-3-8-14-22)23-15-9-4-10-16-23/h2-19H,1H3. The van der Waals surface area contributed by atoms with Crippen LogP contribution in [0, 0.1) is 0 Å². The summed E-state index contributed by atoms with van der Waals surface area (Å²) in [5.41, 5.74) is 3.70. The van der Waals surface area contributed by atoms with Crippen molar-refractivity contribution in [3.8, 4) is 0 Å². The van der Waals surface area contributed by atoms with E-state index in [4.69, 9.17) is 9.84 Å². The number of esters is 1. The first kappa shape index (κ1) is 21.2. The van der Waals surface area contributed by atoms with Gasteiger partial charge in [-0.1, -0.05) is 107 Å². The smallest absolute Gasteiger partial charge is 0.337 e. The van der Waals surface area contributed by atoms with E-state index in [0.29, 0.717) is 5.56 Å². The van der Waals surface area contributed by atoms with Crippen molar-refractivity contribution >= 4 is 32.8 Å². The second kappa shape index (κ2) is 8.68. The van der Waals surface area contributed by atoms with Crippen molar-refractivity contribution in [2.45, 2.75) is 5.54 Å². The molecule has 4 nitrogen and oxygen atoms in total. The Kier molecular flexibility index (Phi) is 5.56. The number of hydrogen-bond donors (Lipinski definition) is 0. The molecule has 0 unspecified atom stereocenters. The van der Waals surface area contributed by atoms with Crippen LogP contribution < -0.4 is 0 Å². The zero-order chi connectivity index (χ0) is 22.8. The lowest BCUT2D eigenvalue weighted by Crippen LogP contribution is -2.38. The predicted octanol–water partition coefficient (Wildman–Crippen LogP) is 6.43. The molecule has 0 aliphatic rings. The van der Waals surface area contributed by atoms with Crippen LogP contribution in [0.15, 0.2) is 114 Å². The average molecular weight is 497 g/mol. The first-order chi connectivity index (χ1) is 16.2. The second-order valence-corrected chi connectivity index (χ2v) is 8.60. The highest BCUT2D eigenvalue weighted by Crippen LogP contribution is 2.43. The van der Waals surface area contributed by atoms with E-state index >= 15 is 0 Å². The van der Waals surface area contributed by atoms with Gasteiger partial charge in [-0.15, -0.1) is 0 Å². The SMILES string of the molecule is COC(=O)c1cc(Br)c2cnn(C(c3ccccc3)(c3ccccc3)c3ccccc3)c2c1. The predicted molar refractivity (Wildman–Crippen MR) is 133 cm³/mol. The van der Waals surface area contributed by atoms with Crippen molar-refractivity contribution in [2.24, 2.45) is 0 Å². The summed E-state index contributed by atoms with van der Waals surface area (Å²) in [7, 11) is 1.39. The summed E-state index contributed by atoms with van der Waals surface area (Å²) in [5.74, 6) is -0.393. The van der Waals surface area contributed by atoms with Gasteiger partial charge in [-0.05, 0) is 28.8 Å². The Labute approximate surface area is 200 Å². The number of carbonyl (C=O) groups is 1. The van der Waals surface area contributed by atoms with Crippen molar-refractivity contribution in [1.82, 2.24) is 9.78 Å². The summed E-state index contributed by atoms with van der Waals surface area (Å²) < 4.78 is 7.81. The topological polar surface area (TPSA) is 44.1 Å². The van der Waals surface area contributed by atoms with Gasteiger partial charge in [0, 0.05) is 9.86 Å². The average Bonchev–Trinajstić information content (AvgIpc) is 3.31. The molecule has 0 fully saturated rings. The van der Waals surface area contributed by atoms with Crippen LogP contribution in [0.1, 0.15) is 27.0 Å². The summed E-state index contributed by atoms with van der Waals surface area (Å²) in [6.45, 7) is 0. The maximum Gasteiger partial charge on any atom is 0.337 e. The fourth-order valence-electron chi connectivity index (χ4n) is 4.49. The molecule has 162 valence electrons. The van der Waals surface area contributed by atoms with Crippen LogP contribution in [0.2, 0.25) is 0 Å². The van der Waals surface area contributed by atoms with Gasteiger partial charge in [0.25, 0.3) is 0 Å². The number of ether oxygens (including phenoxy) is 1. The van der Waals surface area contributed by atoms with Gasteiger partial charge in [0.2, 0.25) is 0 Å². The molecule has 1 aromatic heterocycles. The lowest BCUT2D eigenvalue weighted by atomic mass is 9.77. The van der Waals surface area contributed by atoms with Crippen LogP contribution in [0.5, 0.6) is 0 Å². The number of carbonyl (C=O) groups excluding carboxylic acids is 1. The molecule has 0 amide bonds. The molecule has 33 heavy (non-hydrogen) atoms. The monoisotopic (exact) mass is 496 g/mol. The number of fused-ring (bicyclic) bond motifs is 1. The summed E-state index contributed by atoms with van der Waals surface area (Å²) in [5, 5.41) is 5.83. The quantitative estimate of drug-likeness (QED) is 0.208. The van der Waals surface area contributed by atoms with Crippen LogP contribution in [0.25, 0.3) is 10.9 Å². The van der Waals surface area contributed by atoms with Crippen LogP contribution in [-0.4, -0.2) is 22.9 Å². The zero-order valence-electron chi connectivity index (χ0n) is 18.0. The van der Waals surface area contributed by atoms with Gasteiger partial charge >= 0.3 is 5.97 Å². The second-order valence-electron chi connectivity index (χ2n) is 7.75. The maximum absolute atomic E-state index is 12.4. The Balaban J connectivity index is 1.95. The first-order valence-corrected chi connectivity index (χ1v) is 11.4. The molecule has 0 saturated carbocycles. The third-order valence-corrected chi connectivity index (χ3v) is 6.61. The van der Waals surface area contributed by atoms with Crippen LogP contribution in [-0.2, 0) is 10.3 Å². The van der Waals surface area contributed by atoms with E-state index in [2.05, 4.69) is 52.3 Å². The van der Waals surface area contributed by atoms with Gasteiger partial charge in [0.1, 0.15) is 5.54 Å². The van der Waals surface area contributed by atoms with E-state index in [1.165, 1.54) is 7.11 Å². The third-order valence-electron chi connectivity index (χ3n) is 5.95. The van der Waals surface area contributed by atoms with E-state index < -0.39 is 11.5 Å². The summed E-state index contributed by atoms with van der Waals surface area (Å²) in [6, 6.07) is 34.6. The lowest BCUT2D eigenvalue weighted by Gasteiger charge is -2.37. The molecular formula is C28H21BrN2O2. The number of halogens is 1. The number of benzene rings is 4. The third kappa shape index (κ3) is 3.45. The van der Waals surface area contributed by atoms with Crippen molar-refractivity contribution in [3.63, 3.8) is 0 Å². The van der Waals surface area contributed by atoms with Crippen LogP contribution in [0.4, 0.5) is 0 Å². The normalized spacial score (nSPS) is 11.5. The number of hydrogen-bond acceptors (Lipinski definition) is 3. The molecule has 1 heterocycles. The minimum absolute atomic E-state index is 0.393. The maximum atomic E-state index is 12.4. The van der Waals surface area contributed by atoms with Gasteiger partial charge in [-0.25, -0.2) is 9.48 Å². The Morgan fingerprint density at radius 2 is 1.30 bits per heavy atom. The van der Waals surface area contributed by atoms with Crippen molar-refractivity contribution < 1.29 is 9.53 Å². The fraction of sp³-hybridized carbons (Fsp3) is 0.0714. The molecule has 0 N–H and O–H groups in total. The molecule has 0 aliphatic heterocycles. The molecule has 5 rings (SSSR count). The first-order valence-electron chi connectivity index (χ1n) is 10.6. The Bertz CT molecular complexity index is 1320. The molecule has 4 aromatic carbocycles. The Morgan fingerprint density at radius 1 is 0.818 bits per heavy atom. The van der Waals surface area contributed by atoms with E-state index in [1.54, 1.807) is 6.07 Å². The Hall–Kier alpha value is -3.70. The van der Waals surface area contributed by atoms with Crippen molar-refractivity contribution in [2.75, 3.05) is 7.11 Å². The van der Waals surface area contributed by atoms with E-state index in [1.807, 2.05) is 71.5 Å². The van der Waals surface area contributed by atoms with Gasteiger partial charge in [-0.3, -0.25) is 0 Å². The highest BCUT2D eigenvalue weighted by molar-refractivity contribution is 9.10. The lowest BCUT2D eigenvalue weighted by molar-refractivity contribution is 0.0601. The van der Waals surface area contributed by atoms with Gasteiger partial charge in [0.05, 0.1) is 24.4 Å². The van der Waals surface area contributed by atoms with Crippen molar-refractivity contribution in [3.05, 3.63) is 136 Å². The molecule has 0 bridgehead atoms. The van der Waals surface area contributed by atoms with Gasteiger partial charge < -0.3 is 4.74 Å². The van der Waals surface area contributed by atoms with Gasteiger partial charge in [-0.2, -0.15) is 5.10 Å². The van der Waals surface area contributed by atoms with Crippen molar-refractivity contribution in [1.29, 1.82) is 0 Å². The largest absolute Gasteiger partial charge is 0.465 e. The van der Waals surface area contributed by atoms with Crippen LogP contribution >= 0.6 is 15.9 Å². The Morgan fingerprint density at radius 3 is 1.76 bits per heavy atom. The highest BCUT2D eigenvalue weighted by Gasteiger charge is 2.40. The van der Waals surface area contributed by atoms with E-state index in [9.17, 15) is 4.79 Å². The molecule has 0 spiro atoms. The minimum atomic E-state index is -0.764. The summed E-state index contributed by atoms with van der Waals surface area (Å²) in [6.07, 6.45) is 1.84. The summed E-state index contributed by atoms with van der Waals surface area (Å²) >= 11 is 3.63. The number of aromatic nitrogens is 2. The number of nitrogens with zero attached hydrogens (tertiary/aromatic N) is 2. The summed E-state index contributed by atoms with van der Waals surface area (Å²) in [4.78, 5) is 12.4. The molecule has 0 radical (unpaired) electrons. The minimum Gasteiger partial charge on any atom is -0.465 e. The van der Waals surface area contributed by atoms with Gasteiger partial charge in [0.15, 0.2) is 0 Å². The molecule has 0 aliphatic carbocycles.